The third-order valence-corrected chi connectivity index (χ3v) is 4.00. The molecule has 1 heterocycles. The lowest BCUT2D eigenvalue weighted by Gasteiger charge is -2.25. The SMILES string of the molecule is COCCOCN1CCCCS1(=O)=O. The van der Waals surface area contributed by atoms with Crippen LogP contribution >= 0.6 is 0 Å². The topological polar surface area (TPSA) is 55.8 Å². The Kier molecular flexibility index (Phi) is 4.80. The van der Waals surface area contributed by atoms with Crippen molar-refractivity contribution in [1.29, 1.82) is 0 Å². The fourth-order valence-corrected chi connectivity index (χ4v) is 2.76. The first kappa shape index (κ1) is 11.9. The number of hydrogen-bond acceptors (Lipinski definition) is 4. The van der Waals surface area contributed by atoms with Gasteiger partial charge in [0.25, 0.3) is 0 Å². The van der Waals surface area contributed by atoms with Gasteiger partial charge in [0.15, 0.2) is 0 Å². The Labute approximate surface area is 85.0 Å². The van der Waals surface area contributed by atoms with Crippen LogP contribution in [0.2, 0.25) is 0 Å². The second kappa shape index (κ2) is 5.65. The van der Waals surface area contributed by atoms with Crippen LogP contribution in [0.1, 0.15) is 12.8 Å². The summed E-state index contributed by atoms with van der Waals surface area (Å²) >= 11 is 0. The molecule has 1 aliphatic heterocycles. The van der Waals surface area contributed by atoms with E-state index in [4.69, 9.17) is 9.47 Å². The van der Waals surface area contributed by atoms with E-state index in [1.165, 1.54) is 4.31 Å². The number of hydrogen-bond donors (Lipinski definition) is 0. The molecule has 1 rings (SSSR count). The lowest BCUT2D eigenvalue weighted by atomic mass is 10.3. The highest BCUT2D eigenvalue weighted by Gasteiger charge is 2.25. The van der Waals surface area contributed by atoms with E-state index in [1.807, 2.05) is 0 Å². The first-order chi connectivity index (χ1) is 6.67. The first-order valence-electron chi connectivity index (χ1n) is 4.71. The van der Waals surface area contributed by atoms with Gasteiger partial charge in [0.05, 0.1) is 19.0 Å². The lowest BCUT2D eigenvalue weighted by Crippen LogP contribution is -2.39. The Hall–Kier alpha value is -0.170. The third kappa shape index (κ3) is 3.53. The molecule has 0 aromatic heterocycles. The van der Waals surface area contributed by atoms with Crippen LogP contribution in [-0.4, -0.2) is 52.1 Å². The van der Waals surface area contributed by atoms with E-state index in [0.29, 0.717) is 19.8 Å². The van der Waals surface area contributed by atoms with Crippen LogP contribution in [0.25, 0.3) is 0 Å². The van der Waals surface area contributed by atoms with Crippen molar-refractivity contribution in [1.82, 2.24) is 4.31 Å². The van der Waals surface area contributed by atoms with Gasteiger partial charge in [-0.05, 0) is 12.8 Å². The minimum atomic E-state index is -3.04. The molecule has 0 unspecified atom stereocenters. The van der Waals surface area contributed by atoms with Gasteiger partial charge in [0.2, 0.25) is 10.0 Å². The fourth-order valence-electron chi connectivity index (χ4n) is 1.29. The predicted molar refractivity (Wildman–Crippen MR) is 52.4 cm³/mol. The van der Waals surface area contributed by atoms with E-state index in [1.54, 1.807) is 7.11 Å². The van der Waals surface area contributed by atoms with Crippen molar-refractivity contribution < 1.29 is 17.9 Å². The molecule has 0 atom stereocenters. The number of rotatable bonds is 5. The summed E-state index contributed by atoms with van der Waals surface area (Å²) in [6, 6.07) is 0. The number of nitrogens with zero attached hydrogens (tertiary/aromatic N) is 1. The molecule has 6 heteroatoms. The summed E-state index contributed by atoms with van der Waals surface area (Å²) in [7, 11) is -1.46. The highest BCUT2D eigenvalue weighted by atomic mass is 32.2. The van der Waals surface area contributed by atoms with Gasteiger partial charge in [-0.15, -0.1) is 0 Å². The number of sulfonamides is 1. The summed E-state index contributed by atoms with van der Waals surface area (Å²) in [5.41, 5.74) is 0. The highest BCUT2D eigenvalue weighted by Crippen LogP contribution is 2.12. The van der Waals surface area contributed by atoms with Crippen LogP contribution in [0.15, 0.2) is 0 Å². The molecular weight excluding hydrogens is 206 g/mol. The van der Waals surface area contributed by atoms with Gasteiger partial charge in [-0.3, -0.25) is 0 Å². The zero-order valence-electron chi connectivity index (χ0n) is 8.44. The molecule has 1 fully saturated rings. The second-order valence-corrected chi connectivity index (χ2v) is 5.32. The standard InChI is InChI=1S/C8H17NO4S/c1-12-5-6-13-8-9-4-2-3-7-14(9,10)11/h2-8H2,1H3. The monoisotopic (exact) mass is 223 g/mol. The zero-order valence-corrected chi connectivity index (χ0v) is 9.25. The Morgan fingerprint density at radius 2 is 2.07 bits per heavy atom. The molecule has 1 saturated heterocycles. The molecule has 0 aromatic carbocycles. The van der Waals surface area contributed by atoms with Gasteiger partial charge >= 0.3 is 0 Å². The van der Waals surface area contributed by atoms with Gasteiger partial charge in [0, 0.05) is 13.7 Å². The maximum atomic E-state index is 11.5. The maximum Gasteiger partial charge on any atom is 0.216 e. The van der Waals surface area contributed by atoms with E-state index in [9.17, 15) is 8.42 Å². The van der Waals surface area contributed by atoms with Crippen LogP contribution in [0.4, 0.5) is 0 Å². The van der Waals surface area contributed by atoms with E-state index in [0.717, 1.165) is 12.8 Å². The molecule has 1 aliphatic rings. The van der Waals surface area contributed by atoms with Crippen molar-refractivity contribution in [2.75, 3.05) is 39.4 Å². The van der Waals surface area contributed by atoms with Crippen LogP contribution in [0.5, 0.6) is 0 Å². The summed E-state index contributed by atoms with van der Waals surface area (Å²) in [6.45, 7) is 1.66. The molecule has 0 N–H and O–H groups in total. The normalized spacial score (nSPS) is 22.4. The Balaban J connectivity index is 2.28. The molecular formula is C8H17NO4S. The molecule has 0 radical (unpaired) electrons. The summed E-state index contributed by atoms with van der Waals surface area (Å²) in [5.74, 6) is 0.251. The minimum Gasteiger partial charge on any atom is -0.382 e. The molecule has 0 aliphatic carbocycles. The minimum absolute atomic E-state index is 0.158. The van der Waals surface area contributed by atoms with Crippen LogP contribution in [0, 0.1) is 0 Å². The van der Waals surface area contributed by atoms with Gasteiger partial charge < -0.3 is 9.47 Å². The Morgan fingerprint density at radius 1 is 1.29 bits per heavy atom. The molecule has 5 nitrogen and oxygen atoms in total. The van der Waals surface area contributed by atoms with Gasteiger partial charge in [-0.2, -0.15) is 4.31 Å². The molecule has 0 saturated carbocycles. The summed E-state index contributed by atoms with van der Waals surface area (Å²) < 4.78 is 34.3. The summed E-state index contributed by atoms with van der Waals surface area (Å²) in [4.78, 5) is 0. The van der Waals surface area contributed by atoms with Crippen molar-refractivity contribution in [3.05, 3.63) is 0 Å². The lowest BCUT2D eigenvalue weighted by molar-refractivity contribution is 0.0315. The van der Waals surface area contributed by atoms with Gasteiger partial charge in [0.1, 0.15) is 6.73 Å². The fraction of sp³-hybridized carbons (Fsp3) is 1.00. The summed E-state index contributed by atoms with van der Waals surface area (Å²) in [5, 5.41) is 0. The molecule has 0 amide bonds. The average molecular weight is 223 g/mol. The van der Waals surface area contributed by atoms with E-state index in [-0.39, 0.29) is 12.5 Å². The van der Waals surface area contributed by atoms with Crippen molar-refractivity contribution in [2.45, 2.75) is 12.8 Å². The molecule has 84 valence electrons. The second-order valence-electron chi connectivity index (χ2n) is 3.23. The quantitative estimate of drug-likeness (QED) is 0.617. The maximum absolute atomic E-state index is 11.5. The Morgan fingerprint density at radius 3 is 2.71 bits per heavy atom. The predicted octanol–water partition coefficient (Wildman–Crippen LogP) is 0.0325. The van der Waals surface area contributed by atoms with Gasteiger partial charge in [-0.25, -0.2) is 8.42 Å². The van der Waals surface area contributed by atoms with Crippen LogP contribution in [-0.2, 0) is 19.5 Å². The summed E-state index contributed by atoms with van der Waals surface area (Å²) in [6.07, 6.45) is 1.68. The zero-order chi connectivity index (χ0) is 10.4. The van der Waals surface area contributed by atoms with E-state index < -0.39 is 10.0 Å². The van der Waals surface area contributed by atoms with Gasteiger partial charge in [-0.1, -0.05) is 0 Å². The van der Waals surface area contributed by atoms with Crippen molar-refractivity contribution in [2.24, 2.45) is 0 Å². The van der Waals surface area contributed by atoms with Crippen molar-refractivity contribution in [3.63, 3.8) is 0 Å². The smallest absolute Gasteiger partial charge is 0.216 e. The average Bonchev–Trinajstić information content (AvgIpc) is 2.14. The highest BCUT2D eigenvalue weighted by molar-refractivity contribution is 7.89. The molecule has 0 spiro atoms. The van der Waals surface area contributed by atoms with E-state index >= 15 is 0 Å². The molecule has 0 bridgehead atoms. The molecule has 14 heavy (non-hydrogen) atoms. The number of methoxy groups -OCH3 is 1. The van der Waals surface area contributed by atoms with E-state index in [2.05, 4.69) is 0 Å². The third-order valence-electron chi connectivity index (χ3n) is 2.12. The van der Waals surface area contributed by atoms with Crippen molar-refractivity contribution >= 4 is 10.0 Å². The largest absolute Gasteiger partial charge is 0.382 e. The first-order valence-corrected chi connectivity index (χ1v) is 6.32. The number of ether oxygens (including phenoxy) is 2. The molecule has 0 aromatic rings. The Bertz CT molecular complexity index is 252. The van der Waals surface area contributed by atoms with Crippen molar-refractivity contribution in [3.8, 4) is 0 Å². The van der Waals surface area contributed by atoms with Crippen LogP contribution < -0.4 is 0 Å². The van der Waals surface area contributed by atoms with Crippen LogP contribution in [0.3, 0.4) is 0 Å².